The second kappa shape index (κ2) is 4.70. The molecule has 0 unspecified atom stereocenters. The number of esters is 1. The normalized spacial score (nSPS) is 11.1. The van der Waals surface area contributed by atoms with E-state index in [2.05, 4.69) is 4.74 Å². The summed E-state index contributed by atoms with van der Waals surface area (Å²) in [5, 5.41) is 0. The van der Waals surface area contributed by atoms with Crippen LogP contribution in [0.1, 0.15) is 35.3 Å². The lowest BCUT2D eigenvalue weighted by molar-refractivity contribution is -0.147. The van der Waals surface area contributed by atoms with E-state index in [-0.39, 0.29) is 5.78 Å². The van der Waals surface area contributed by atoms with E-state index < -0.39 is 11.4 Å². The van der Waals surface area contributed by atoms with Crippen LogP contribution in [0, 0.1) is 19.3 Å². The molecule has 0 radical (unpaired) electrons. The van der Waals surface area contributed by atoms with E-state index in [1.807, 2.05) is 26.0 Å². The van der Waals surface area contributed by atoms with E-state index >= 15 is 0 Å². The van der Waals surface area contributed by atoms with Gasteiger partial charge in [0.25, 0.3) is 0 Å². The van der Waals surface area contributed by atoms with Crippen LogP contribution in [-0.4, -0.2) is 18.9 Å². The molecule has 3 nitrogen and oxygen atoms in total. The summed E-state index contributed by atoms with van der Waals surface area (Å²) in [6.45, 7) is 7.08. The van der Waals surface area contributed by atoms with Crippen molar-refractivity contribution in [2.24, 2.45) is 5.41 Å². The molecule has 0 amide bonds. The molecule has 0 N–H and O–H groups in total. The van der Waals surface area contributed by atoms with Crippen molar-refractivity contribution in [1.29, 1.82) is 0 Å². The van der Waals surface area contributed by atoms with Crippen LogP contribution in [0.5, 0.6) is 0 Å². The highest BCUT2D eigenvalue weighted by atomic mass is 16.5. The Hall–Kier alpha value is -1.64. The van der Waals surface area contributed by atoms with E-state index in [9.17, 15) is 9.59 Å². The maximum absolute atomic E-state index is 12.2. The van der Waals surface area contributed by atoms with Crippen molar-refractivity contribution in [3.63, 3.8) is 0 Å². The lowest BCUT2D eigenvalue weighted by Gasteiger charge is -2.20. The third-order valence-corrected chi connectivity index (χ3v) is 3.03. The topological polar surface area (TPSA) is 43.4 Å². The molecule has 92 valence electrons. The first-order valence-corrected chi connectivity index (χ1v) is 5.51. The molecule has 0 saturated heterocycles. The zero-order valence-electron chi connectivity index (χ0n) is 11.0. The van der Waals surface area contributed by atoms with Gasteiger partial charge >= 0.3 is 5.97 Å². The molecule has 1 rings (SSSR count). The van der Waals surface area contributed by atoms with E-state index in [1.165, 1.54) is 7.11 Å². The summed E-state index contributed by atoms with van der Waals surface area (Å²) in [6, 6.07) is 5.44. The van der Waals surface area contributed by atoms with Crippen molar-refractivity contribution in [3.05, 3.63) is 34.9 Å². The van der Waals surface area contributed by atoms with Crippen molar-refractivity contribution in [2.75, 3.05) is 7.11 Å². The number of methoxy groups -OCH3 is 1. The predicted molar refractivity (Wildman–Crippen MR) is 66.0 cm³/mol. The van der Waals surface area contributed by atoms with Crippen LogP contribution in [0.15, 0.2) is 18.2 Å². The Bertz CT molecular complexity index is 459. The second-order valence-corrected chi connectivity index (χ2v) is 4.74. The fraction of sp³-hybridized carbons (Fsp3) is 0.429. The Kier molecular flexibility index (Phi) is 3.71. The Morgan fingerprint density at radius 3 is 2.18 bits per heavy atom. The number of aryl methyl sites for hydroxylation is 2. The maximum Gasteiger partial charge on any atom is 0.319 e. The SMILES string of the molecule is COC(=O)C(C)(C)C(=O)c1ccc(C)c(C)c1. The van der Waals surface area contributed by atoms with Crippen molar-refractivity contribution >= 4 is 11.8 Å². The number of ketones is 1. The molecule has 1 aromatic rings. The molecule has 3 heteroatoms. The van der Waals surface area contributed by atoms with Gasteiger partial charge in [0.15, 0.2) is 5.78 Å². The lowest BCUT2D eigenvalue weighted by atomic mass is 9.83. The summed E-state index contributed by atoms with van der Waals surface area (Å²) in [4.78, 5) is 23.8. The number of Topliss-reactive ketones (excluding diaryl/α,β-unsaturated/α-hetero) is 1. The third kappa shape index (κ3) is 2.54. The summed E-state index contributed by atoms with van der Waals surface area (Å²) in [5.41, 5.74) is 1.56. The van der Waals surface area contributed by atoms with Crippen LogP contribution in [-0.2, 0) is 9.53 Å². The molecular formula is C14H18O3. The smallest absolute Gasteiger partial charge is 0.319 e. The Balaban J connectivity index is 3.12. The average Bonchev–Trinajstić information content (AvgIpc) is 2.30. The minimum absolute atomic E-state index is 0.215. The van der Waals surface area contributed by atoms with E-state index in [1.54, 1.807) is 19.9 Å². The second-order valence-electron chi connectivity index (χ2n) is 4.74. The summed E-state index contributed by atoms with van der Waals surface area (Å²) in [5.74, 6) is -0.729. The fourth-order valence-electron chi connectivity index (χ4n) is 1.59. The van der Waals surface area contributed by atoms with Gasteiger partial charge in [-0.2, -0.15) is 0 Å². The van der Waals surface area contributed by atoms with Gasteiger partial charge in [-0.05, 0) is 44.9 Å². The largest absolute Gasteiger partial charge is 0.468 e. The standard InChI is InChI=1S/C14H18O3/c1-9-6-7-11(8-10(9)2)12(15)14(3,4)13(16)17-5/h6-8H,1-5H3. The molecule has 0 spiro atoms. The van der Waals surface area contributed by atoms with Gasteiger partial charge in [-0.1, -0.05) is 12.1 Å². The number of carbonyl (C=O) groups is 2. The minimum atomic E-state index is -1.14. The van der Waals surface area contributed by atoms with E-state index in [4.69, 9.17) is 0 Å². The first-order chi connectivity index (χ1) is 7.80. The maximum atomic E-state index is 12.2. The van der Waals surface area contributed by atoms with Gasteiger partial charge in [-0.25, -0.2) is 0 Å². The highest BCUT2D eigenvalue weighted by Crippen LogP contribution is 2.24. The van der Waals surface area contributed by atoms with Gasteiger partial charge in [0.05, 0.1) is 7.11 Å². The fourth-order valence-corrected chi connectivity index (χ4v) is 1.59. The molecule has 0 aliphatic carbocycles. The van der Waals surface area contributed by atoms with Crippen LogP contribution in [0.25, 0.3) is 0 Å². The van der Waals surface area contributed by atoms with Crippen LogP contribution in [0.4, 0.5) is 0 Å². The quantitative estimate of drug-likeness (QED) is 0.459. The van der Waals surface area contributed by atoms with Crippen molar-refractivity contribution < 1.29 is 14.3 Å². The molecule has 0 heterocycles. The minimum Gasteiger partial charge on any atom is -0.468 e. The highest BCUT2D eigenvalue weighted by molar-refractivity contribution is 6.11. The zero-order chi connectivity index (χ0) is 13.2. The van der Waals surface area contributed by atoms with E-state index in [0.717, 1.165) is 11.1 Å². The van der Waals surface area contributed by atoms with Gasteiger partial charge in [0.1, 0.15) is 5.41 Å². The molecule has 0 aliphatic heterocycles. The van der Waals surface area contributed by atoms with Gasteiger partial charge in [-0.3, -0.25) is 9.59 Å². The predicted octanol–water partition coefficient (Wildman–Crippen LogP) is 2.69. The Morgan fingerprint density at radius 1 is 1.12 bits per heavy atom. The van der Waals surface area contributed by atoms with Crippen LogP contribution in [0.2, 0.25) is 0 Å². The Labute approximate surface area is 102 Å². The number of rotatable bonds is 3. The summed E-state index contributed by atoms with van der Waals surface area (Å²) < 4.78 is 4.65. The monoisotopic (exact) mass is 234 g/mol. The molecule has 0 bridgehead atoms. The summed E-state index contributed by atoms with van der Waals surface area (Å²) >= 11 is 0. The number of hydrogen-bond acceptors (Lipinski definition) is 3. The first-order valence-electron chi connectivity index (χ1n) is 5.51. The molecule has 17 heavy (non-hydrogen) atoms. The summed E-state index contributed by atoms with van der Waals surface area (Å²) in [6.07, 6.45) is 0. The number of carbonyl (C=O) groups excluding carboxylic acids is 2. The molecule has 0 aliphatic rings. The van der Waals surface area contributed by atoms with Gasteiger partial charge in [0, 0.05) is 5.56 Å². The van der Waals surface area contributed by atoms with E-state index in [0.29, 0.717) is 5.56 Å². The van der Waals surface area contributed by atoms with Gasteiger partial charge in [0.2, 0.25) is 0 Å². The molecule has 0 saturated carbocycles. The van der Waals surface area contributed by atoms with Crippen molar-refractivity contribution in [1.82, 2.24) is 0 Å². The molecule has 0 aromatic heterocycles. The summed E-state index contributed by atoms with van der Waals surface area (Å²) in [7, 11) is 1.29. The number of benzene rings is 1. The third-order valence-electron chi connectivity index (χ3n) is 3.03. The van der Waals surface area contributed by atoms with Crippen molar-refractivity contribution in [2.45, 2.75) is 27.7 Å². The van der Waals surface area contributed by atoms with Gasteiger partial charge < -0.3 is 4.74 Å². The van der Waals surface area contributed by atoms with Gasteiger partial charge in [-0.15, -0.1) is 0 Å². The highest BCUT2D eigenvalue weighted by Gasteiger charge is 2.37. The average molecular weight is 234 g/mol. The zero-order valence-corrected chi connectivity index (χ0v) is 11.0. The molecule has 1 aromatic carbocycles. The number of ether oxygens (including phenoxy) is 1. The number of hydrogen-bond donors (Lipinski definition) is 0. The van der Waals surface area contributed by atoms with Crippen LogP contribution in [0.3, 0.4) is 0 Å². The molecule has 0 fully saturated rings. The van der Waals surface area contributed by atoms with Crippen molar-refractivity contribution in [3.8, 4) is 0 Å². The molecular weight excluding hydrogens is 216 g/mol. The van der Waals surface area contributed by atoms with Crippen LogP contribution < -0.4 is 0 Å². The Morgan fingerprint density at radius 2 is 1.71 bits per heavy atom. The lowest BCUT2D eigenvalue weighted by Crippen LogP contribution is -2.34. The van der Waals surface area contributed by atoms with Crippen LogP contribution >= 0.6 is 0 Å². The first kappa shape index (κ1) is 13.4. The molecule has 0 atom stereocenters.